The summed E-state index contributed by atoms with van der Waals surface area (Å²) in [4.78, 5) is 5.29. The van der Waals surface area contributed by atoms with Crippen molar-refractivity contribution in [3.8, 4) is 0 Å². The van der Waals surface area contributed by atoms with E-state index in [1.54, 1.807) is 0 Å². The molecule has 4 rings (SSSR count). The van der Waals surface area contributed by atoms with E-state index in [-0.39, 0.29) is 0 Å². The number of hydrogen-bond acceptors (Lipinski definition) is 4. The molecule has 0 radical (unpaired) electrons. The third-order valence-electron chi connectivity index (χ3n) is 5.65. The predicted octanol–water partition coefficient (Wildman–Crippen LogP) is 0.890. The molecule has 4 fully saturated rings. The number of hydrogen-bond donors (Lipinski definition) is 2. The number of fused-ring (bicyclic) bond motifs is 3. The minimum atomic E-state index is 0.480. The summed E-state index contributed by atoms with van der Waals surface area (Å²) in [5, 5.41) is 0. The molecular formula is C15H30N4. The van der Waals surface area contributed by atoms with Crippen LogP contribution in [0.3, 0.4) is 0 Å². The van der Waals surface area contributed by atoms with Gasteiger partial charge >= 0.3 is 0 Å². The van der Waals surface area contributed by atoms with E-state index in [1.165, 1.54) is 52.0 Å². The fourth-order valence-corrected chi connectivity index (χ4v) is 4.86. The zero-order valence-corrected chi connectivity index (χ0v) is 12.5. The summed E-state index contributed by atoms with van der Waals surface area (Å²) in [5.41, 5.74) is 3.20. The molecule has 0 spiro atoms. The topological polar surface area (TPSA) is 44.5 Å². The molecule has 110 valence electrons. The number of rotatable bonds is 3. The van der Waals surface area contributed by atoms with Gasteiger partial charge in [-0.15, -0.1) is 0 Å². The number of nitrogens with one attached hydrogen (secondary N) is 1. The van der Waals surface area contributed by atoms with Crippen LogP contribution < -0.4 is 11.3 Å². The molecule has 3 aliphatic heterocycles. The normalized spacial score (nSPS) is 48.2. The van der Waals surface area contributed by atoms with Crippen LogP contribution in [0.25, 0.3) is 0 Å². The Morgan fingerprint density at radius 1 is 1.00 bits per heavy atom. The highest BCUT2D eigenvalue weighted by atomic mass is 15.4. The highest BCUT2D eigenvalue weighted by Gasteiger charge is 2.41. The average molecular weight is 266 g/mol. The first kappa shape index (κ1) is 13.8. The van der Waals surface area contributed by atoms with Gasteiger partial charge in [-0.25, -0.2) is 0 Å². The maximum Gasteiger partial charge on any atom is 0.0407 e. The minimum Gasteiger partial charge on any atom is -0.299 e. The molecule has 3 heterocycles. The standard InChI is InChI=1S/C15H30N4/c1-11-7-12(2)9-13(8-11)15(17-16)14-10-18-3-5-19(14)6-4-18/h11-15,17H,3-10,16H2,1-2H3. The molecule has 4 nitrogen and oxygen atoms in total. The van der Waals surface area contributed by atoms with Crippen molar-refractivity contribution in [1.29, 1.82) is 0 Å². The van der Waals surface area contributed by atoms with E-state index in [1.807, 2.05) is 0 Å². The molecule has 3 N–H and O–H groups in total. The van der Waals surface area contributed by atoms with Crippen LogP contribution in [0.4, 0.5) is 0 Å². The summed E-state index contributed by atoms with van der Waals surface area (Å²) in [6.45, 7) is 11.0. The number of hydrazine groups is 1. The lowest BCUT2D eigenvalue weighted by Gasteiger charge is -2.52. The third-order valence-corrected chi connectivity index (χ3v) is 5.65. The zero-order valence-electron chi connectivity index (χ0n) is 12.5. The molecule has 1 saturated carbocycles. The Kier molecular flexibility index (Phi) is 4.13. The molecule has 4 unspecified atom stereocenters. The van der Waals surface area contributed by atoms with E-state index in [0.29, 0.717) is 12.1 Å². The first-order chi connectivity index (χ1) is 9.17. The van der Waals surface area contributed by atoms with E-state index in [2.05, 4.69) is 29.1 Å². The first-order valence-corrected chi connectivity index (χ1v) is 8.10. The lowest BCUT2D eigenvalue weighted by molar-refractivity contribution is -0.0208. The monoisotopic (exact) mass is 266 g/mol. The van der Waals surface area contributed by atoms with Gasteiger partial charge in [-0.2, -0.15) is 0 Å². The maximum absolute atomic E-state index is 5.96. The van der Waals surface area contributed by atoms with Crippen molar-refractivity contribution in [3.63, 3.8) is 0 Å². The van der Waals surface area contributed by atoms with Crippen LogP contribution in [0.15, 0.2) is 0 Å². The Bertz CT molecular complexity index is 291. The Morgan fingerprint density at radius 3 is 2.11 bits per heavy atom. The van der Waals surface area contributed by atoms with Gasteiger partial charge in [0.05, 0.1) is 0 Å². The van der Waals surface area contributed by atoms with Crippen LogP contribution in [0, 0.1) is 17.8 Å². The van der Waals surface area contributed by atoms with Crippen LogP contribution in [0.1, 0.15) is 33.1 Å². The Hall–Kier alpha value is -0.160. The van der Waals surface area contributed by atoms with Gasteiger partial charge in [-0.05, 0) is 37.0 Å². The summed E-state index contributed by atoms with van der Waals surface area (Å²) in [7, 11) is 0. The second kappa shape index (κ2) is 5.68. The van der Waals surface area contributed by atoms with Crippen molar-refractivity contribution in [2.75, 3.05) is 32.7 Å². The molecule has 19 heavy (non-hydrogen) atoms. The molecular weight excluding hydrogens is 236 g/mol. The lowest BCUT2D eigenvalue weighted by Crippen LogP contribution is -2.68. The molecule has 0 amide bonds. The van der Waals surface area contributed by atoms with Crippen molar-refractivity contribution < 1.29 is 0 Å². The molecule has 4 aliphatic rings. The van der Waals surface area contributed by atoms with Gasteiger partial charge in [0.15, 0.2) is 0 Å². The van der Waals surface area contributed by atoms with E-state index in [9.17, 15) is 0 Å². The average Bonchev–Trinajstić information content (AvgIpc) is 2.40. The van der Waals surface area contributed by atoms with Crippen molar-refractivity contribution in [1.82, 2.24) is 15.2 Å². The smallest absolute Gasteiger partial charge is 0.0407 e. The van der Waals surface area contributed by atoms with Gasteiger partial charge in [0.1, 0.15) is 0 Å². The number of piperazine rings is 3. The Labute approximate surface area is 117 Å². The molecule has 1 aliphatic carbocycles. The summed E-state index contributed by atoms with van der Waals surface area (Å²) in [6, 6.07) is 1.11. The van der Waals surface area contributed by atoms with Gasteiger partial charge in [-0.1, -0.05) is 13.8 Å². The molecule has 4 heteroatoms. The quantitative estimate of drug-likeness (QED) is 0.588. The van der Waals surface area contributed by atoms with Crippen molar-refractivity contribution >= 4 is 0 Å². The van der Waals surface area contributed by atoms with Crippen LogP contribution in [-0.4, -0.2) is 54.6 Å². The number of nitrogens with two attached hydrogens (primary N) is 1. The Balaban J connectivity index is 1.69. The summed E-state index contributed by atoms with van der Waals surface area (Å²) < 4.78 is 0. The molecule has 0 aromatic rings. The Morgan fingerprint density at radius 2 is 1.63 bits per heavy atom. The zero-order chi connectivity index (χ0) is 13.4. The van der Waals surface area contributed by atoms with Gasteiger partial charge in [0, 0.05) is 44.8 Å². The largest absolute Gasteiger partial charge is 0.299 e. The summed E-state index contributed by atoms with van der Waals surface area (Å²) >= 11 is 0. The SMILES string of the molecule is CC1CC(C)CC(C(NN)C2CN3CCN2CC3)C1. The van der Waals surface area contributed by atoms with Crippen LogP contribution >= 0.6 is 0 Å². The summed E-state index contributed by atoms with van der Waals surface area (Å²) in [5.74, 6) is 8.44. The van der Waals surface area contributed by atoms with Crippen molar-refractivity contribution in [2.24, 2.45) is 23.6 Å². The van der Waals surface area contributed by atoms with Gasteiger partial charge in [-0.3, -0.25) is 21.1 Å². The second-order valence-corrected chi connectivity index (χ2v) is 7.27. The molecule has 3 saturated heterocycles. The predicted molar refractivity (Wildman–Crippen MR) is 78.6 cm³/mol. The van der Waals surface area contributed by atoms with Crippen molar-refractivity contribution in [3.05, 3.63) is 0 Å². The third kappa shape index (κ3) is 2.82. The molecule has 0 aromatic heterocycles. The number of nitrogens with zero attached hydrogens (tertiary/aromatic N) is 2. The van der Waals surface area contributed by atoms with Crippen LogP contribution in [-0.2, 0) is 0 Å². The highest BCUT2D eigenvalue weighted by molar-refractivity contribution is 4.98. The minimum absolute atomic E-state index is 0.480. The van der Waals surface area contributed by atoms with E-state index < -0.39 is 0 Å². The van der Waals surface area contributed by atoms with Gasteiger partial charge in [0.25, 0.3) is 0 Å². The van der Waals surface area contributed by atoms with Crippen LogP contribution in [0.5, 0.6) is 0 Å². The summed E-state index contributed by atoms with van der Waals surface area (Å²) in [6.07, 6.45) is 4.10. The van der Waals surface area contributed by atoms with E-state index in [4.69, 9.17) is 5.84 Å². The van der Waals surface area contributed by atoms with E-state index in [0.717, 1.165) is 17.8 Å². The molecule has 4 atom stereocenters. The van der Waals surface area contributed by atoms with Gasteiger partial charge in [0.2, 0.25) is 0 Å². The molecule has 0 aromatic carbocycles. The maximum atomic E-state index is 5.96. The van der Waals surface area contributed by atoms with Crippen LogP contribution in [0.2, 0.25) is 0 Å². The first-order valence-electron chi connectivity index (χ1n) is 8.10. The van der Waals surface area contributed by atoms with Gasteiger partial charge < -0.3 is 0 Å². The highest BCUT2D eigenvalue weighted by Crippen LogP contribution is 2.36. The van der Waals surface area contributed by atoms with Crippen molar-refractivity contribution in [2.45, 2.75) is 45.2 Å². The van der Waals surface area contributed by atoms with E-state index >= 15 is 0 Å². The second-order valence-electron chi connectivity index (χ2n) is 7.27. The molecule has 2 bridgehead atoms. The lowest BCUT2D eigenvalue weighted by atomic mass is 9.72. The fraction of sp³-hybridized carbons (Fsp3) is 1.00. The fourth-order valence-electron chi connectivity index (χ4n) is 4.86.